The molecule has 0 bridgehead atoms. The van der Waals surface area contributed by atoms with E-state index in [0.29, 0.717) is 6.10 Å². The Morgan fingerprint density at radius 1 is 1.20 bits per heavy atom. The molecular weight excluding hydrogens is 184 g/mol. The first kappa shape index (κ1) is 10.5. The summed E-state index contributed by atoms with van der Waals surface area (Å²) in [7, 11) is 0. The molecule has 1 saturated carbocycles. The number of benzene rings is 1. The average Bonchev–Trinajstić information content (AvgIpc) is 2.90. The molecule has 15 heavy (non-hydrogen) atoms. The molecule has 1 heteroatoms. The maximum atomic E-state index is 5.82. The molecule has 1 nitrogen and oxygen atoms in total. The fourth-order valence-electron chi connectivity index (χ4n) is 1.86. The van der Waals surface area contributed by atoms with Gasteiger partial charge in [0.2, 0.25) is 0 Å². The number of aryl methyl sites for hydroxylation is 1. The van der Waals surface area contributed by atoms with Gasteiger partial charge in [0.25, 0.3) is 0 Å². The molecule has 1 fully saturated rings. The predicted octanol–water partition coefficient (Wildman–Crippen LogP) is 3.83. The standard InChI is InChI=1S/C14H20O/c1-10-5-6-12(15-11-7-8-11)9-13(10)14(2,3)4/h5-6,9,11H,7-8H2,1-4H3. The SMILES string of the molecule is Cc1ccc(OC2CC2)cc1C(C)(C)C. The van der Waals surface area contributed by atoms with Crippen molar-refractivity contribution in [2.75, 3.05) is 0 Å². The van der Waals surface area contributed by atoms with Crippen LogP contribution in [0.1, 0.15) is 44.7 Å². The van der Waals surface area contributed by atoms with Crippen LogP contribution in [0.3, 0.4) is 0 Å². The van der Waals surface area contributed by atoms with Crippen LogP contribution in [0, 0.1) is 6.92 Å². The van der Waals surface area contributed by atoms with Crippen LogP contribution in [0.2, 0.25) is 0 Å². The topological polar surface area (TPSA) is 9.23 Å². The first-order valence-corrected chi connectivity index (χ1v) is 5.74. The van der Waals surface area contributed by atoms with Gasteiger partial charge in [-0.15, -0.1) is 0 Å². The maximum absolute atomic E-state index is 5.82. The molecule has 0 atom stereocenters. The van der Waals surface area contributed by atoms with Crippen molar-refractivity contribution < 1.29 is 4.74 Å². The Bertz CT molecular complexity index is 356. The zero-order chi connectivity index (χ0) is 11.1. The smallest absolute Gasteiger partial charge is 0.120 e. The monoisotopic (exact) mass is 204 g/mol. The third-order valence-electron chi connectivity index (χ3n) is 2.84. The van der Waals surface area contributed by atoms with Crippen molar-refractivity contribution in [1.29, 1.82) is 0 Å². The lowest BCUT2D eigenvalue weighted by Gasteiger charge is -2.22. The Kier molecular flexibility index (Phi) is 2.49. The van der Waals surface area contributed by atoms with Crippen molar-refractivity contribution in [3.05, 3.63) is 29.3 Å². The van der Waals surface area contributed by atoms with Crippen molar-refractivity contribution in [3.63, 3.8) is 0 Å². The molecular formula is C14H20O. The number of hydrogen-bond acceptors (Lipinski definition) is 1. The van der Waals surface area contributed by atoms with Gasteiger partial charge in [0.15, 0.2) is 0 Å². The van der Waals surface area contributed by atoms with E-state index in [1.54, 1.807) is 0 Å². The number of ether oxygens (including phenoxy) is 1. The minimum Gasteiger partial charge on any atom is -0.490 e. The van der Waals surface area contributed by atoms with Crippen LogP contribution < -0.4 is 4.74 Å². The second-order valence-electron chi connectivity index (χ2n) is 5.54. The predicted molar refractivity (Wildman–Crippen MR) is 63.5 cm³/mol. The van der Waals surface area contributed by atoms with Gasteiger partial charge in [0.1, 0.15) is 5.75 Å². The summed E-state index contributed by atoms with van der Waals surface area (Å²) in [4.78, 5) is 0. The van der Waals surface area contributed by atoms with Gasteiger partial charge < -0.3 is 4.74 Å². The summed E-state index contributed by atoms with van der Waals surface area (Å²) in [5.41, 5.74) is 2.94. The Labute approximate surface area is 92.5 Å². The first-order valence-electron chi connectivity index (χ1n) is 5.74. The highest BCUT2D eigenvalue weighted by Crippen LogP contribution is 2.32. The molecule has 1 aliphatic rings. The van der Waals surface area contributed by atoms with E-state index in [0.717, 1.165) is 5.75 Å². The van der Waals surface area contributed by atoms with Gasteiger partial charge in [-0.3, -0.25) is 0 Å². The summed E-state index contributed by atoms with van der Waals surface area (Å²) in [5.74, 6) is 1.04. The minimum absolute atomic E-state index is 0.201. The molecule has 1 aromatic carbocycles. The van der Waals surface area contributed by atoms with Gasteiger partial charge in [-0.05, 0) is 48.4 Å². The van der Waals surface area contributed by atoms with E-state index in [1.807, 2.05) is 0 Å². The van der Waals surface area contributed by atoms with Crippen molar-refractivity contribution in [3.8, 4) is 5.75 Å². The molecule has 0 N–H and O–H groups in total. The molecule has 82 valence electrons. The molecule has 0 amide bonds. The molecule has 0 spiro atoms. The lowest BCUT2D eigenvalue weighted by atomic mass is 9.84. The van der Waals surface area contributed by atoms with E-state index >= 15 is 0 Å². The maximum Gasteiger partial charge on any atom is 0.120 e. The van der Waals surface area contributed by atoms with E-state index in [1.165, 1.54) is 24.0 Å². The molecule has 2 rings (SSSR count). The Balaban J connectivity index is 2.27. The van der Waals surface area contributed by atoms with Crippen LogP contribution in [0.4, 0.5) is 0 Å². The highest BCUT2D eigenvalue weighted by Gasteiger charge is 2.24. The second kappa shape index (κ2) is 3.55. The molecule has 0 radical (unpaired) electrons. The summed E-state index contributed by atoms with van der Waals surface area (Å²) in [6.07, 6.45) is 2.93. The van der Waals surface area contributed by atoms with E-state index in [4.69, 9.17) is 4.74 Å². The largest absolute Gasteiger partial charge is 0.490 e. The third kappa shape index (κ3) is 2.53. The molecule has 0 unspecified atom stereocenters. The lowest BCUT2D eigenvalue weighted by molar-refractivity contribution is 0.302. The van der Waals surface area contributed by atoms with Gasteiger partial charge in [-0.25, -0.2) is 0 Å². The summed E-state index contributed by atoms with van der Waals surface area (Å²) in [5, 5.41) is 0. The van der Waals surface area contributed by atoms with Crippen LogP contribution in [0.25, 0.3) is 0 Å². The zero-order valence-corrected chi connectivity index (χ0v) is 10.1. The van der Waals surface area contributed by atoms with Crippen LogP contribution in [-0.2, 0) is 5.41 Å². The molecule has 0 saturated heterocycles. The van der Waals surface area contributed by atoms with Gasteiger partial charge in [0, 0.05) is 0 Å². The van der Waals surface area contributed by atoms with Gasteiger partial charge in [-0.2, -0.15) is 0 Å². The first-order chi connectivity index (χ1) is 6.97. The Hall–Kier alpha value is -0.980. The summed E-state index contributed by atoms with van der Waals surface area (Å²) in [6.45, 7) is 8.91. The van der Waals surface area contributed by atoms with E-state index in [9.17, 15) is 0 Å². The van der Waals surface area contributed by atoms with Crippen LogP contribution in [0.15, 0.2) is 18.2 Å². The highest BCUT2D eigenvalue weighted by molar-refractivity contribution is 5.39. The van der Waals surface area contributed by atoms with Gasteiger partial charge >= 0.3 is 0 Å². The molecule has 1 aliphatic carbocycles. The third-order valence-corrected chi connectivity index (χ3v) is 2.84. The van der Waals surface area contributed by atoms with Crippen molar-refractivity contribution in [1.82, 2.24) is 0 Å². The fraction of sp³-hybridized carbons (Fsp3) is 0.571. The van der Waals surface area contributed by atoms with Crippen LogP contribution in [-0.4, -0.2) is 6.10 Å². The number of rotatable bonds is 2. The van der Waals surface area contributed by atoms with Crippen molar-refractivity contribution in [2.24, 2.45) is 0 Å². The quantitative estimate of drug-likeness (QED) is 0.711. The summed E-state index contributed by atoms with van der Waals surface area (Å²) >= 11 is 0. The average molecular weight is 204 g/mol. The van der Waals surface area contributed by atoms with Crippen LogP contribution in [0.5, 0.6) is 5.75 Å². The van der Waals surface area contributed by atoms with Crippen LogP contribution >= 0.6 is 0 Å². The van der Waals surface area contributed by atoms with Gasteiger partial charge in [0.05, 0.1) is 6.10 Å². The highest BCUT2D eigenvalue weighted by atomic mass is 16.5. The minimum atomic E-state index is 0.201. The summed E-state index contributed by atoms with van der Waals surface area (Å²) in [6, 6.07) is 6.45. The van der Waals surface area contributed by atoms with Gasteiger partial charge in [-0.1, -0.05) is 26.8 Å². The lowest BCUT2D eigenvalue weighted by Crippen LogP contribution is -2.13. The summed E-state index contributed by atoms with van der Waals surface area (Å²) < 4.78 is 5.82. The Morgan fingerprint density at radius 2 is 1.87 bits per heavy atom. The van der Waals surface area contributed by atoms with Crippen molar-refractivity contribution >= 4 is 0 Å². The van der Waals surface area contributed by atoms with E-state index in [2.05, 4.69) is 45.9 Å². The van der Waals surface area contributed by atoms with Crippen molar-refractivity contribution in [2.45, 2.75) is 52.1 Å². The molecule has 0 aromatic heterocycles. The second-order valence-corrected chi connectivity index (χ2v) is 5.54. The molecule has 0 heterocycles. The number of hydrogen-bond donors (Lipinski definition) is 0. The van der Waals surface area contributed by atoms with E-state index in [-0.39, 0.29) is 5.41 Å². The normalized spacial score (nSPS) is 16.5. The zero-order valence-electron chi connectivity index (χ0n) is 10.1. The molecule has 0 aliphatic heterocycles. The fourth-order valence-corrected chi connectivity index (χ4v) is 1.86. The molecule has 1 aromatic rings. The van der Waals surface area contributed by atoms with E-state index < -0.39 is 0 Å². The Morgan fingerprint density at radius 3 is 2.40 bits per heavy atom.